The van der Waals surface area contributed by atoms with E-state index < -0.39 is 28.6 Å². The van der Waals surface area contributed by atoms with E-state index in [-0.39, 0.29) is 16.6 Å². The van der Waals surface area contributed by atoms with Crippen molar-refractivity contribution in [2.75, 3.05) is 5.32 Å². The first-order valence-corrected chi connectivity index (χ1v) is 8.85. The summed E-state index contributed by atoms with van der Waals surface area (Å²) in [7, 11) is 0. The lowest BCUT2D eigenvalue weighted by molar-refractivity contribution is -0.386. The summed E-state index contributed by atoms with van der Waals surface area (Å²) in [6.45, 7) is 1.44. The fourth-order valence-corrected chi connectivity index (χ4v) is 3.00. The molecule has 0 aliphatic carbocycles. The number of aromatic nitrogens is 1. The summed E-state index contributed by atoms with van der Waals surface area (Å²) in [6.07, 6.45) is -1.03. The van der Waals surface area contributed by atoms with Gasteiger partial charge in [-0.2, -0.15) is 0 Å². The molecule has 3 aromatic rings. The first-order valence-electron chi connectivity index (χ1n) is 7.97. The molecule has 1 atom stereocenters. The van der Waals surface area contributed by atoms with Crippen LogP contribution in [0.3, 0.4) is 0 Å². The maximum absolute atomic E-state index is 13.4. The lowest BCUT2D eigenvalue weighted by Gasteiger charge is -2.13. The molecule has 0 fully saturated rings. The van der Waals surface area contributed by atoms with Crippen molar-refractivity contribution in [3.63, 3.8) is 0 Å². The summed E-state index contributed by atoms with van der Waals surface area (Å²) >= 11 is 1.09. The van der Waals surface area contributed by atoms with Gasteiger partial charge in [0, 0.05) is 17.0 Å². The van der Waals surface area contributed by atoms with Crippen LogP contribution in [0.1, 0.15) is 6.92 Å². The molecule has 0 bridgehead atoms. The Bertz CT molecular complexity index is 1040. The Hall–Kier alpha value is -3.40. The number of halogens is 2. The number of nitro groups is 1. The fourth-order valence-electron chi connectivity index (χ4n) is 2.28. The van der Waals surface area contributed by atoms with Crippen LogP contribution in [0.2, 0.25) is 0 Å². The monoisotopic (exact) mass is 405 g/mol. The summed E-state index contributed by atoms with van der Waals surface area (Å²) in [5.74, 6) is -2.56. The number of ether oxygens (including phenoxy) is 1. The summed E-state index contributed by atoms with van der Waals surface area (Å²) in [4.78, 5) is 26.9. The number of carbonyl (C=O) groups excluding carboxylic acids is 1. The smallest absolute Gasteiger partial charge is 0.310 e. The highest BCUT2D eigenvalue weighted by atomic mass is 32.1. The van der Waals surface area contributed by atoms with Gasteiger partial charge in [0.2, 0.25) is 0 Å². The van der Waals surface area contributed by atoms with E-state index in [1.165, 1.54) is 31.2 Å². The van der Waals surface area contributed by atoms with Gasteiger partial charge in [-0.15, -0.1) is 11.3 Å². The van der Waals surface area contributed by atoms with Gasteiger partial charge in [-0.25, -0.2) is 13.8 Å². The van der Waals surface area contributed by atoms with Gasteiger partial charge in [-0.05, 0) is 31.2 Å². The minimum Gasteiger partial charge on any atom is -0.474 e. The highest BCUT2D eigenvalue weighted by Crippen LogP contribution is 2.28. The Kier molecular flexibility index (Phi) is 5.59. The van der Waals surface area contributed by atoms with E-state index in [0.29, 0.717) is 11.3 Å². The predicted octanol–water partition coefficient (Wildman–Crippen LogP) is 4.40. The number of carbonyl (C=O) groups is 1. The van der Waals surface area contributed by atoms with Crippen LogP contribution in [0.5, 0.6) is 5.75 Å². The number of amides is 1. The van der Waals surface area contributed by atoms with E-state index in [1.54, 1.807) is 11.4 Å². The average molecular weight is 405 g/mol. The Morgan fingerprint density at radius 1 is 1.25 bits per heavy atom. The third-order valence-electron chi connectivity index (χ3n) is 3.68. The van der Waals surface area contributed by atoms with Crippen LogP contribution >= 0.6 is 11.3 Å². The quantitative estimate of drug-likeness (QED) is 0.484. The second kappa shape index (κ2) is 8.09. The molecular weight excluding hydrogens is 392 g/mol. The van der Waals surface area contributed by atoms with Gasteiger partial charge in [-0.1, -0.05) is 12.1 Å². The van der Waals surface area contributed by atoms with Crippen LogP contribution in [-0.2, 0) is 4.79 Å². The van der Waals surface area contributed by atoms with Gasteiger partial charge < -0.3 is 4.74 Å². The SMILES string of the molecule is C[C@H](Oc1ccccc1[N+](=O)[O-])C(=O)Nc1nc(-c2ccc(F)c(F)c2)cs1. The second-order valence-electron chi connectivity index (χ2n) is 5.64. The molecule has 1 amide bonds. The zero-order valence-electron chi connectivity index (χ0n) is 14.4. The minimum absolute atomic E-state index is 0.0308. The number of anilines is 1. The van der Waals surface area contributed by atoms with Gasteiger partial charge in [-0.3, -0.25) is 20.2 Å². The topological polar surface area (TPSA) is 94.4 Å². The zero-order valence-corrected chi connectivity index (χ0v) is 15.2. The number of thiazole rings is 1. The largest absolute Gasteiger partial charge is 0.474 e. The lowest BCUT2D eigenvalue weighted by Crippen LogP contribution is -2.30. The molecule has 7 nitrogen and oxygen atoms in total. The maximum atomic E-state index is 13.4. The summed E-state index contributed by atoms with van der Waals surface area (Å²) in [5.41, 5.74) is 0.475. The Morgan fingerprint density at radius 2 is 2.00 bits per heavy atom. The molecule has 0 unspecified atom stereocenters. The standard InChI is InChI=1S/C18H13F2N3O4S/c1-10(27-16-5-3-2-4-15(16)23(25)26)17(24)22-18-21-14(9-28-18)11-6-7-12(19)13(20)8-11/h2-10H,1H3,(H,21,22,24)/t10-/m0/s1. The first kappa shape index (κ1) is 19.4. The van der Waals surface area contributed by atoms with E-state index in [0.717, 1.165) is 23.5 Å². The average Bonchev–Trinajstić information content (AvgIpc) is 3.12. The molecule has 3 rings (SSSR count). The molecule has 144 valence electrons. The van der Waals surface area contributed by atoms with Crippen LogP contribution < -0.4 is 10.1 Å². The normalized spacial score (nSPS) is 11.7. The van der Waals surface area contributed by atoms with Crippen LogP contribution in [0.4, 0.5) is 19.6 Å². The molecule has 28 heavy (non-hydrogen) atoms. The van der Waals surface area contributed by atoms with Gasteiger partial charge in [0.15, 0.2) is 28.6 Å². The number of rotatable bonds is 6. The highest BCUT2D eigenvalue weighted by molar-refractivity contribution is 7.14. The molecule has 0 radical (unpaired) electrons. The first-order chi connectivity index (χ1) is 13.3. The van der Waals surface area contributed by atoms with Gasteiger partial charge >= 0.3 is 5.69 Å². The molecule has 0 aliphatic rings. The minimum atomic E-state index is -1.03. The zero-order chi connectivity index (χ0) is 20.3. The van der Waals surface area contributed by atoms with Crippen molar-refractivity contribution < 1.29 is 23.2 Å². The molecule has 1 heterocycles. The van der Waals surface area contributed by atoms with Crippen molar-refractivity contribution in [2.24, 2.45) is 0 Å². The number of para-hydroxylation sites is 2. The summed E-state index contributed by atoms with van der Waals surface area (Å²) in [5, 5.41) is 15.3. The molecular formula is C18H13F2N3O4S. The highest BCUT2D eigenvalue weighted by Gasteiger charge is 2.21. The number of nitro benzene ring substituents is 1. The third-order valence-corrected chi connectivity index (χ3v) is 4.44. The second-order valence-corrected chi connectivity index (χ2v) is 6.50. The van der Waals surface area contributed by atoms with Crippen molar-refractivity contribution in [1.82, 2.24) is 4.98 Å². The predicted molar refractivity (Wildman–Crippen MR) is 99.3 cm³/mol. The van der Waals surface area contributed by atoms with Gasteiger partial charge in [0.1, 0.15) is 0 Å². The van der Waals surface area contributed by atoms with Crippen molar-refractivity contribution in [3.05, 3.63) is 69.6 Å². The van der Waals surface area contributed by atoms with Crippen LogP contribution in [0, 0.1) is 21.7 Å². The fraction of sp³-hybridized carbons (Fsp3) is 0.111. The third kappa shape index (κ3) is 4.29. The number of hydrogen-bond acceptors (Lipinski definition) is 6. The number of hydrogen-bond donors (Lipinski definition) is 1. The Labute approximate surface area is 161 Å². The van der Waals surface area contributed by atoms with Crippen molar-refractivity contribution in [3.8, 4) is 17.0 Å². The molecule has 1 N–H and O–H groups in total. The summed E-state index contributed by atoms with van der Waals surface area (Å²) in [6, 6.07) is 9.09. The molecule has 0 spiro atoms. The number of nitrogens with one attached hydrogen (secondary N) is 1. The van der Waals surface area contributed by atoms with E-state index in [2.05, 4.69) is 10.3 Å². The molecule has 0 saturated carbocycles. The molecule has 1 aromatic heterocycles. The van der Waals surface area contributed by atoms with Crippen LogP contribution in [0.15, 0.2) is 47.8 Å². The molecule has 10 heteroatoms. The van der Waals surface area contributed by atoms with Crippen molar-refractivity contribution >= 4 is 28.1 Å². The number of benzene rings is 2. The van der Waals surface area contributed by atoms with E-state index in [4.69, 9.17) is 4.74 Å². The Morgan fingerprint density at radius 3 is 2.71 bits per heavy atom. The van der Waals surface area contributed by atoms with Crippen LogP contribution in [0.25, 0.3) is 11.3 Å². The van der Waals surface area contributed by atoms with Crippen LogP contribution in [-0.4, -0.2) is 21.9 Å². The summed E-state index contributed by atoms with van der Waals surface area (Å²) < 4.78 is 31.8. The molecule has 2 aromatic carbocycles. The lowest BCUT2D eigenvalue weighted by atomic mass is 10.2. The van der Waals surface area contributed by atoms with E-state index in [9.17, 15) is 23.7 Å². The maximum Gasteiger partial charge on any atom is 0.310 e. The Balaban J connectivity index is 1.69. The van der Waals surface area contributed by atoms with Crippen molar-refractivity contribution in [2.45, 2.75) is 13.0 Å². The molecule has 0 saturated heterocycles. The number of nitrogens with zero attached hydrogens (tertiary/aromatic N) is 2. The van der Waals surface area contributed by atoms with E-state index in [1.807, 2.05) is 0 Å². The van der Waals surface area contributed by atoms with E-state index >= 15 is 0 Å². The molecule has 0 aliphatic heterocycles. The van der Waals surface area contributed by atoms with Gasteiger partial charge in [0.25, 0.3) is 5.91 Å². The van der Waals surface area contributed by atoms with Gasteiger partial charge in [0.05, 0.1) is 10.6 Å². The van der Waals surface area contributed by atoms with Crippen molar-refractivity contribution in [1.29, 1.82) is 0 Å².